The molecule has 0 saturated carbocycles. The third-order valence-electron chi connectivity index (χ3n) is 4.09. The van der Waals surface area contributed by atoms with E-state index in [9.17, 15) is 9.59 Å². The summed E-state index contributed by atoms with van der Waals surface area (Å²) in [7, 11) is 0. The molecule has 2 heterocycles. The zero-order chi connectivity index (χ0) is 15.4. The van der Waals surface area contributed by atoms with Crippen molar-refractivity contribution in [3.05, 3.63) is 21.4 Å². The number of amides is 1. The maximum Gasteiger partial charge on any atom is 0.303 e. The molecule has 1 N–H and O–H groups in total. The molecule has 1 fully saturated rings. The first-order chi connectivity index (χ1) is 10.0. The number of rotatable bonds is 6. The molecule has 1 aliphatic rings. The van der Waals surface area contributed by atoms with Crippen molar-refractivity contribution in [2.75, 3.05) is 13.1 Å². The number of carboxylic acid groups (broad SMARTS) is 1. The van der Waals surface area contributed by atoms with Gasteiger partial charge in [0.15, 0.2) is 0 Å². The second-order valence-corrected chi connectivity index (χ2v) is 7.04. The average molecular weight is 309 g/mol. The van der Waals surface area contributed by atoms with Crippen molar-refractivity contribution in [3.63, 3.8) is 0 Å². The smallest absolute Gasteiger partial charge is 0.303 e. The van der Waals surface area contributed by atoms with Crippen molar-refractivity contribution in [1.29, 1.82) is 0 Å². The van der Waals surface area contributed by atoms with Crippen molar-refractivity contribution >= 4 is 23.2 Å². The van der Waals surface area contributed by atoms with E-state index in [2.05, 4.69) is 13.8 Å². The molecule has 0 aliphatic carbocycles. The van der Waals surface area contributed by atoms with Crippen LogP contribution in [-0.4, -0.2) is 35.0 Å². The molecule has 1 amide bonds. The summed E-state index contributed by atoms with van der Waals surface area (Å²) in [5, 5.41) is 8.73. The van der Waals surface area contributed by atoms with Crippen LogP contribution < -0.4 is 0 Å². The first-order valence-electron chi connectivity index (χ1n) is 7.61. The zero-order valence-electron chi connectivity index (χ0n) is 12.7. The summed E-state index contributed by atoms with van der Waals surface area (Å²) in [4.78, 5) is 27.1. The van der Waals surface area contributed by atoms with Crippen molar-refractivity contribution in [3.8, 4) is 0 Å². The Balaban J connectivity index is 1.95. The van der Waals surface area contributed by atoms with Crippen molar-refractivity contribution in [1.82, 2.24) is 4.90 Å². The molecule has 0 spiro atoms. The monoisotopic (exact) mass is 309 g/mol. The lowest BCUT2D eigenvalue weighted by Crippen LogP contribution is -2.28. The van der Waals surface area contributed by atoms with E-state index in [-0.39, 0.29) is 12.3 Å². The molecule has 0 radical (unpaired) electrons. The van der Waals surface area contributed by atoms with Gasteiger partial charge in [0.1, 0.15) is 0 Å². The van der Waals surface area contributed by atoms with Gasteiger partial charge in [-0.3, -0.25) is 9.59 Å². The molecule has 1 unspecified atom stereocenters. The van der Waals surface area contributed by atoms with Gasteiger partial charge in [0, 0.05) is 24.4 Å². The van der Waals surface area contributed by atoms with Crippen LogP contribution in [0.25, 0.3) is 0 Å². The van der Waals surface area contributed by atoms with E-state index >= 15 is 0 Å². The minimum atomic E-state index is -0.752. The van der Waals surface area contributed by atoms with Crippen molar-refractivity contribution in [2.45, 2.75) is 46.0 Å². The number of nitrogens with zero attached hydrogens (tertiary/aromatic N) is 1. The lowest BCUT2D eigenvalue weighted by molar-refractivity contribution is -0.137. The van der Waals surface area contributed by atoms with E-state index in [4.69, 9.17) is 5.11 Å². The van der Waals surface area contributed by atoms with Crippen LogP contribution in [0.3, 0.4) is 0 Å². The molecule has 4 nitrogen and oxygen atoms in total. The predicted molar refractivity (Wildman–Crippen MR) is 83.9 cm³/mol. The Kier molecular flexibility index (Phi) is 5.39. The Morgan fingerprint density at radius 3 is 2.90 bits per heavy atom. The summed E-state index contributed by atoms with van der Waals surface area (Å²) in [5.74, 6) is -0.303. The number of likely N-dealkylation sites (tertiary alicyclic amines) is 1. The highest BCUT2D eigenvalue weighted by Crippen LogP contribution is 2.27. The number of aliphatic carboxylic acids is 1. The molecule has 1 aromatic heterocycles. The minimum Gasteiger partial charge on any atom is -0.481 e. The van der Waals surface area contributed by atoms with Crippen molar-refractivity contribution in [2.24, 2.45) is 5.92 Å². The molecule has 1 aliphatic heterocycles. The van der Waals surface area contributed by atoms with E-state index < -0.39 is 5.97 Å². The Hall–Kier alpha value is -1.36. The summed E-state index contributed by atoms with van der Waals surface area (Å²) in [6, 6.07) is 2.04. The normalized spacial score (nSPS) is 18.2. The van der Waals surface area contributed by atoms with Gasteiger partial charge >= 0.3 is 5.97 Å². The van der Waals surface area contributed by atoms with E-state index in [1.807, 2.05) is 11.0 Å². The van der Waals surface area contributed by atoms with E-state index in [0.29, 0.717) is 18.9 Å². The van der Waals surface area contributed by atoms with Gasteiger partial charge in [-0.25, -0.2) is 0 Å². The molecule has 1 saturated heterocycles. The first-order valence-corrected chi connectivity index (χ1v) is 8.43. The van der Waals surface area contributed by atoms with Gasteiger partial charge in [0.05, 0.1) is 4.88 Å². The van der Waals surface area contributed by atoms with Gasteiger partial charge in [-0.1, -0.05) is 13.3 Å². The third kappa shape index (κ3) is 4.06. The van der Waals surface area contributed by atoms with E-state index in [1.165, 1.54) is 10.4 Å². The molecule has 2 rings (SSSR count). The highest BCUT2D eigenvalue weighted by molar-refractivity contribution is 7.14. The number of carbonyl (C=O) groups is 2. The lowest BCUT2D eigenvalue weighted by Gasteiger charge is -2.15. The van der Waals surface area contributed by atoms with Crippen LogP contribution in [-0.2, 0) is 11.2 Å². The Labute approximate surface area is 129 Å². The maximum atomic E-state index is 12.5. The molecule has 21 heavy (non-hydrogen) atoms. The fourth-order valence-corrected chi connectivity index (χ4v) is 3.92. The molecule has 1 atom stereocenters. The van der Waals surface area contributed by atoms with E-state index in [0.717, 1.165) is 30.7 Å². The summed E-state index contributed by atoms with van der Waals surface area (Å²) in [6.07, 6.45) is 3.91. The fraction of sp³-hybridized carbons (Fsp3) is 0.625. The van der Waals surface area contributed by atoms with Crippen LogP contribution in [0.1, 0.15) is 52.7 Å². The van der Waals surface area contributed by atoms with Crippen LogP contribution in [0, 0.1) is 12.8 Å². The number of hydrogen-bond acceptors (Lipinski definition) is 3. The SMILES string of the molecule is CCCc1cc(C(=O)N2CCC(CCC(=O)O)C2)sc1C. The summed E-state index contributed by atoms with van der Waals surface area (Å²) in [6.45, 7) is 5.67. The predicted octanol–water partition coefficient (Wildman–Crippen LogP) is 3.34. The number of thiophene rings is 1. The highest BCUT2D eigenvalue weighted by atomic mass is 32.1. The molecule has 0 aromatic carbocycles. The number of carbonyl (C=O) groups excluding carboxylic acids is 1. The third-order valence-corrected chi connectivity index (χ3v) is 5.17. The molecule has 1 aromatic rings. The summed E-state index contributed by atoms with van der Waals surface area (Å²) in [5.41, 5.74) is 1.28. The van der Waals surface area contributed by atoms with Gasteiger partial charge < -0.3 is 10.0 Å². The summed E-state index contributed by atoms with van der Waals surface area (Å²) < 4.78 is 0. The quantitative estimate of drug-likeness (QED) is 0.877. The van der Waals surface area contributed by atoms with Gasteiger partial charge in [0.2, 0.25) is 0 Å². The molecular weight excluding hydrogens is 286 g/mol. The maximum absolute atomic E-state index is 12.5. The number of aryl methyl sites for hydroxylation is 2. The first kappa shape index (κ1) is 16.0. The van der Waals surface area contributed by atoms with Crippen LogP contribution in [0.5, 0.6) is 0 Å². The Morgan fingerprint density at radius 2 is 2.24 bits per heavy atom. The molecule has 0 bridgehead atoms. The van der Waals surface area contributed by atoms with Crippen LogP contribution in [0.15, 0.2) is 6.07 Å². The molecule has 116 valence electrons. The topological polar surface area (TPSA) is 57.6 Å². The molecule has 5 heteroatoms. The standard InChI is InChI=1S/C16H23NO3S/c1-3-4-13-9-14(21-11(13)2)16(20)17-8-7-12(10-17)5-6-15(18)19/h9,12H,3-8,10H2,1-2H3,(H,18,19). The second-order valence-electron chi connectivity index (χ2n) is 5.78. The van der Waals surface area contributed by atoms with Gasteiger partial charge in [-0.2, -0.15) is 0 Å². The van der Waals surface area contributed by atoms with Gasteiger partial charge in [-0.15, -0.1) is 11.3 Å². The largest absolute Gasteiger partial charge is 0.481 e. The van der Waals surface area contributed by atoms with Gasteiger partial charge in [0.25, 0.3) is 5.91 Å². The molecular formula is C16H23NO3S. The fourth-order valence-electron chi connectivity index (χ4n) is 2.88. The summed E-state index contributed by atoms with van der Waals surface area (Å²) >= 11 is 1.58. The van der Waals surface area contributed by atoms with Gasteiger partial charge in [-0.05, 0) is 43.7 Å². The van der Waals surface area contributed by atoms with Crippen molar-refractivity contribution < 1.29 is 14.7 Å². The lowest BCUT2D eigenvalue weighted by atomic mass is 10.0. The van der Waals surface area contributed by atoms with Crippen LogP contribution in [0.2, 0.25) is 0 Å². The number of carboxylic acids is 1. The second kappa shape index (κ2) is 7.07. The van der Waals surface area contributed by atoms with Crippen LogP contribution in [0.4, 0.5) is 0 Å². The minimum absolute atomic E-state index is 0.114. The zero-order valence-corrected chi connectivity index (χ0v) is 13.5. The Morgan fingerprint density at radius 1 is 1.48 bits per heavy atom. The van der Waals surface area contributed by atoms with Crippen LogP contribution >= 0.6 is 11.3 Å². The Bertz CT molecular complexity index is 524. The average Bonchev–Trinajstić information content (AvgIpc) is 3.04. The highest BCUT2D eigenvalue weighted by Gasteiger charge is 2.28. The van der Waals surface area contributed by atoms with E-state index in [1.54, 1.807) is 11.3 Å². The number of hydrogen-bond donors (Lipinski definition) is 1.